The summed E-state index contributed by atoms with van der Waals surface area (Å²) in [6.45, 7) is 3.79. The molecule has 0 saturated heterocycles. The van der Waals surface area contributed by atoms with Gasteiger partial charge in [0.15, 0.2) is 0 Å². The van der Waals surface area contributed by atoms with E-state index >= 15 is 0 Å². The molecule has 0 radical (unpaired) electrons. The van der Waals surface area contributed by atoms with Crippen LogP contribution in [0.25, 0.3) is 11.3 Å². The van der Waals surface area contributed by atoms with Crippen LogP contribution in [0.2, 0.25) is 0 Å². The summed E-state index contributed by atoms with van der Waals surface area (Å²) in [7, 11) is 4.12. The van der Waals surface area contributed by atoms with Gasteiger partial charge < -0.3 is 19.2 Å². The monoisotopic (exact) mass is 412 g/mol. The van der Waals surface area contributed by atoms with Crippen molar-refractivity contribution in [2.24, 2.45) is 0 Å². The van der Waals surface area contributed by atoms with Gasteiger partial charge in [0.2, 0.25) is 5.89 Å². The number of oxazole rings is 1. The van der Waals surface area contributed by atoms with E-state index in [-0.39, 0.29) is 11.0 Å². The van der Waals surface area contributed by atoms with E-state index in [0.717, 1.165) is 41.3 Å². The highest BCUT2D eigenvalue weighted by Gasteiger charge is 2.22. The molecule has 3 aromatic rings. The molecule has 0 fully saturated rings. The number of nitrogens with zero attached hydrogens (tertiary/aromatic N) is 2. The zero-order valence-corrected chi connectivity index (χ0v) is 18.0. The molecule has 2 aromatic carbocycles. The Hall–Kier alpha value is -2.44. The Balaban J connectivity index is 1.70. The topological polar surface area (TPSA) is 58.7 Å². The predicted octanol–water partition coefficient (Wildman–Crippen LogP) is 5.22. The molecule has 5 nitrogen and oxygen atoms in total. The molecule has 0 aliphatic heterocycles. The molecule has 3 rings (SSSR count). The summed E-state index contributed by atoms with van der Waals surface area (Å²) < 4.78 is 11.6. The number of hydrogen-bond acceptors (Lipinski definition) is 6. The predicted molar refractivity (Wildman–Crippen MR) is 119 cm³/mol. The molecule has 1 N–H and O–H groups in total. The van der Waals surface area contributed by atoms with Crippen LogP contribution >= 0.6 is 11.8 Å². The lowest BCUT2D eigenvalue weighted by Crippen LogP contribution is -2.15. The molecule has 29 heavy (non-hydrogen) atoms. The smallest absolute Gasteiger partial charge is 0.212 e. The second-order valence-corrected chi connectivity index (χ2v) is 8.38. The molecule has 1 heterocycles. The highest BCUT2D eigenvalue weighted by molar-refractivity contribution is 7.99. The van der Waals surface area contributed by atoms with Crippen LogP contribution in [0.4, 0.5) is 0 Å². The molecule has 1 aromatic heterocycles. The van der Waals surface area contributed by atoms with Crippen LogP contribution in [0.1, 0.15) is 30.0 Å². The van der Waals surface area contributed by atoms with Crippen LogP contribution in [0.3, 0.4) is 0 Å². The zero-order chi connectivity index (χ0) is 20.6. The Bertz CT molecular complexity index is 893. The van der Waals surface area contributed by atoms with E-state index in [9.17, 15) is 5.11 Å². The standard InChI is InChI=1S/C23H28N2O3S/c1-4-29-22(19-8-5-6-9-21(19)26)23-24-20(16-28-23)17-10-12-18(13-11-17)27-15-7-14-25(2)3/h5-6,8-13,16,22,26H,4,7,14-15H2,1-3H3. The van der Waals surface area contributed by atoms with Crippen molar-refractivity contribution in [2.45, 2.75) is 18.6 Å². The lowest BCUT2D eigenvalue weighted by Gasteiger charge is -2.13. The molecule has 0 spiro atoms. The van der Waals surface area contributed by atoms with Gasteiger partial charge in [-0.2, -0.15) is 0 Å². The summed E-state index contributed by atoms with van der Waals surface area (Å²) in [4.78, 5) is 6.84. The first-order valence-corrected chi connectivity index (χ1v) is 10.9. The summed E-state index contributed by atoms with van der Waals surface area (Å²) >= 11 is 1.68. The van der Waals surface area contributed by atoms with Crippen LogP contribution in [-0.4, -0.2) is 48.0 Å². The van der Waals surface area contributed by atoms with E-state index in [0.29, 0.717) is 12.5 Å². The van der Waals surface area contributed by atoms with Crippen LogP contribution in [0.15, 0.2) is 59.2 Å². The first-order chi connectivity index (χ1) is 14.1. The Morgan fingerprint density at radius 1 is 1.14 bits per heavy atom. The van der Waals surface area contributed by atoms with Gasteiger partial charge in [0, 0.05) is 17.7 Å². The first kappa shape index (κ1) is 21.3. The van der Waals surface area contributed by atoms with E-state index in [1.807, 2.05) is 42.5 Å². The van der Waals surface area contributed by atoms with Crippen molar-refractivity contribution in [3.8, 4) is 22.8 Å². The van der Waals surface area contributed by atoms with Crippen LogP contribution in [-0.2, 0) is 0 Å². The lowest BCUT2D eigenvalue weighted by molar-refractivity contribution is 0.281. The van der Waals surface area contributed by atoms with Gasteiger partial charge in [-0.1, -0.05) is 25.1 Å². The van der Waals surface area contributed by atoms with Crippen molar-refractivity contribution in [1.29, 1.82) is 0 Å². The second-order valence-electron chi connectivity index (χ2n) is 6.99. The minimum atomic E-state index is -0.144. The van der Waals surface area contributed by atoms with Crippen molar-refractivity contribution in [3.63, 3.8) is 0 Å². The van der Waals surface area contributed by atoms with E-state index < -0.39 is 0 Å². The Morgan fingerprint density at radius 3 is 2.59 bits per heavy atom. The first-order valence-electron chi connectivity index (χ1n) is 9.81. The number of aromatic hydroxyl groups is 1. The number of aromatic nitrogens is 1. The fraction of sp³-hybridized carbons (Fsp3) is 0.348. The molecule has 0 bridgehead atoms. The quantitative estimate of drug-likeness (QED) is 0.461. The number of phenols is 1. The lowest BCUT2D eigenvalue weighted by atomic mass is 10.1. The maximum Gasteiger partial charge on any atom is 0.212 e. The summed E-state index contributed by atoms with van der Waals surface area (Å²) in [6, 6.07) is 15.2. The average molecular weight is 413 g/mol. The van der Waals surface area contributed by atoms with Crippen molar-refractivity contribution in [3.05, 3.63) is 66.2 Å². The number of phenolic OH excluding ortho intramolecular Hbond substituents is 1. The molecule has 0 amide bonds. The molecule has 1 atom stereocenters. The fourth-order valence-corrected chi connectivity index (χ4v) is 3.97. The molecule has 0 aliphatic rings. The largest absolute Gasteiger partial charge is 0.508 e. The maximum atomic E-state index is 10.2. The molecule has 1 unspecified atom stereocenters. The Kier molecular flexibility index (Phi) is 7.61. The van der Waals surface area contributed by atoms with Crippen molar-refractivity contribution >= 4 is 11.8 Å². The van der Waals surface area contributed by atoms with E-state index in [1.165, 1.54) is 0 Å². The van der Waals surface area contributed by atoms with Crippen LogP contribution in [0.5, 0.6) is 11.5 Å². The molecule has 0 aliphatic carbocycles. The van der Waals surface area contributed by atoms with Crippen molar-refractivity contribution in [1.82, 2.24) is 9.88 Å². The number of ether oxygens (including phenoxy) is 1. The van der Waals surface area contributed by atoms with Gasteiger partial charge in [-0.3, -0.25) is 0 Å². The van der Waals surface area contributed by atoms with Crippen molar-refractivity contribution < 1.29 is 14.3 Å². The number of hydrogen-bond donors (Lipinski definition) is 1. The Labute approximate surface area is 176 Å². The number of thioether (sulfide) groups is 1. The summed E-state index contributed by atoms with van der Waals surface area (Å²) in [5, 5.41) is 10.1. The minimum Gasteiger partial charge on any atom is -0.508 e. The van der Waals surface area contributed by atoms with Gasteiger partial charge in [-0.25, -0.2) is 4.98 Å². The number of rotatable bonds is 10. The van der Waals surface area contributed by atoms with E-state index in [2.05, 4.69) is 25.9 Å². The van der Waals surface area contributed by atoms with Gasteiger partial charge in [-0.15, -0.1) is 11.8 Å². The van der Waals surface area contributed by atoms with Crippen molar-refractivity contribution in [2.75, 3.05) is 33.0 Å². The second kappa shape index (κ2) is 10.4. The highest BCUT2D eigenvalue weighted by atomic mass is 32.2. The van der Waals surface area contributed by atoms with Gasteiger partial charge in [0.1, 0.15) is 28.7 Å². The SMILES string of the molecule is CCSC(c1nc(-c2ccc(OCCCN(C)C)cc2)co1)c1ccccc1O. The third kappa shape index (κ3) is 5.78. The summed E-state index contributed by atoms with van der Waals surface area (Å²) in [5.41, 5.74) is 2.56. The third-order valence-corrected chi connectivity index (χ3v) is 5.59. The molecule has 6 heteroatoms. The fourth-order valence-electron chi connectivity index (χ4n) is 3.00. The van der Waals surface area contributed by atoms with Gasteiger partial charge >= 0.3 is 0 Å². The van der Waals surface area contributed by atoms with Gasteiger partial charge in [0.25, 0.3) is 0 Å². The number of benzene rings is 2. The molecular weight excluding hydrogens is 384 g/mol. The molecular formula is C23H28N2O3S. The Morgan fingerprint density at radius 2 is 1.90 bits per heavy atom. The summed E-state index contributed by atoms with van der Waals surface area (Å²) in [5.74, 6) is 2.59. The van der Waals surface area contributed by atoms with Gasteiger partial charge in [-0.05, 0) is 56.6 Å². The normalized spacial score (nSPS) is 12.3. The van der Waals surface area contributed by atoms with Crippen LogP contribution in [0, 0.1) is 0 Å². The maximum absolute atomic E-state index is 10.2. The van der Waals surface area contributed by atoms with E-state index in [4.69, 9.17) is 14.1 Å². The molecule has 0 saturated carbocycles. The number of para-hydroxylation sites is 1. The third-order valence-electron chi connectivity index (χ3n) is 4.47. The minimum absolute atomic E-state index is 0.144. The van der Waals surface area contributed by atoms with Gasteiger partial charge in [0.05, 0.1) is 6.61 Å². The average Bonchev–Trinajstić information content (AvgIpc) is 3.20. The highest BCUT2D eigenvalue weighted by Crippen LogP contribution is 2.40. The zero-order valence-electron chi connectivity index (χ0n) is 17.2. The van der Waals surface area contributed by atoms with Crippen LogP contribution < -0.4 is 4.74 Å². The van der Waals surface area contributed by atoms with E-state index in [1.54, 1.807) is 24.1 Å². The summed E-state index contributed by atoms with van der Waals surface area (Å²) in [6.07, 6.45) is 2.66. The molecule has 154 valence electrons.